The van der Waals surface area contributed by atoms with Crippen molar-refractivity contribution in [2.75, 3.05) is 11.9 Å². The lowest BCUT2D eigenvalue weighted by Crippen LogP contribution is -2.31. The number of hydrogen-bond acceptors (Lipinski definition) is 2. The Bertz CT molecular complexity index is 392. The average molecular weight is 269 g/mol. The summed E-state index contributed by atoms with van der Waals surface area (Å²) in [7, 11) is 0. The number of nitrogens with one attached hydrogen (secondary N) is 1. The van der Waals surface area contributed by atoms with E-state index < -0.39 is 0 Å². The molecule has 3 nitrogen and oxygen atoms in total. The van der Waals surface area contributed by atoms with Crippen molar-refractivity contribution < 1.29 is 4.79 Å². The third kappa shape index (κ3) is 2.21. The second-order valence-corrected chi connectivity index (χ2v) is 4.68. The highest BCUT2D eigenvalue weighted by atomic mass is 79.9. The van der Waals surface area contributed by atoms with Gasteiger partial charge in [-0.2, -0.15) is 0 Å². The Balaban J connectivity index is 2.26. The summed E-state index contributed by atoms with van der Waals surface area (Å²) in [5, 5.41) is 2.91. The van der Waals surface area contributed by atoms with Gasteiger partial charge in [0.05, 0.1) is 0 Å². The van der Waals surface area contributed by atoms with Crippen molar-refractivity contribution in [1.82, 2.24) is 0 Å². The summed E-state index contributed by atoms with van der Waals surface area (Å²) < 4.78 is 1.05. The molecule has 0 saturated carbocycles. The van der Waals surface area contributed by atoms with E-state index >= 15 is 0 Å². The molecular weight excluding hydrogens is 256 g/mol. The lowest BCUT2D eigenvalue weighted by molar-refractivity contribution is -0.120. The summed E-state index contributed by atoms with van der Waals surface area (Å²) in [6, 6.07) is 5.91. The van der Waals surface area contributed by atoms with Crippen molar-refractivity contribution in [3.63, 3.8) is 0 Å². The van der Waals surface area contributed by atoms with E-state index in [1.165, 1.54) is 5.56 Å². The Morgan fingerprint density at radius 1 is 1.53 bits per heavy atom. The van der Waals surface area contributed by atoms with E-state index in [1.807, 2.05) is 12.1 Å². The molecule has 0 saturated heterocycles. The Hall–Kier alpha value is -0.870. The van der Waals surface area contributed by atoms with Gasteiger partial charge in [-0.15, -0.1) is 0 Å². The molecule has 0 aromatic heterocycles. The predicted molar refractivity (Wildman–Crippen MR) is 63.6 cm³/mol. The summed E-state index contributed by atoms with van der Waals surface area (Å²) in [4.78, 5) is 11.7. The molecule has 15 heavy (non-hydrogen) atoms. The van der Waals surface area contributed by atoms with Gasteiger partial charge < -0.3 is 11.1 Å². The molecule has 1 unspecified atom stereocenters. The minimum absolute atomic E-state index is 0.0248. The number of amides is 1. The number of nitrogens with two attached hydrogens (primary N) is 1. The first-order valence-electron chi connectivity index (χ1n) is 5.00. The van der Waals surface area contributed by atoms with Gasteiger partial charge in [-0.1, -0.05) is 15.9 Å². The SMILES string of the molecule is NCCC1Cc2cc(Br)ccc2NC1=O. The average Bonchev–Trinajstić information content (AvgIpc) is 2.20. The van der Waals surface area contributed by atoms with Crippen LogP contribution in [0.1, 0.15) is 12.0 Å². The molecule has 0 spiro atoms. The van der Waals surface area contributed by atoms with Crippen LogP contribution < -0.4 is 11.1 Å². The molecule has 3 N–H and O–H groups in total. The summed E-state index contributed by atoms with van der Waals surface area (Å²) in [6.45, 7) is 0.557. The van der Waals surface area contributed by atoms with Gasteiger partial charge in [0.2, 0.25) is 5.91 Å². The quantitative estimate of drug-likeness (QED) is 0.861. The molecule has 1 aliphatic heterocycles. The van der Waals surface area contributed by atoms with E-state index in [-0.39, 0.29) is 11.8 Å². The predicted octanol–water partition coefficient (Wildman–Crippen LogP) is 1.91. The summed E-state index contributed by atoms with van der Waals surface area (Å²) in [5.74, 6) is 0.118. The van der Waals surface area contributed by atoms with Gasteiger partial charge >= 0.3 is 0 Å². The minimum Gasteiger partial charge on any atom is -0.330 e. The van der Waals surface area contributed by atoms with Crippen LogP contribution in [0.4, 0.5) is 5.69 Å². The van der Waals surface area contributed by atoms with E-state index in [1.54, 1.807) is 0 Å². The molecule has 1 amide bonds. The van der Waals surface area contributed by atoms with Crippen LogP contribution in [0.25, 0.3) is 0 Å². The fourth-order valence-corrected chi connectivity index (χ4v) is 2.29. The zero-order valence-electron chi connectivity index (χ0n) is 8.29. The van der Waals surface area contributed by atoms with E-state index in [9.17, 15) is 4.79 Å². The number of anilines is 1. The van der Waals surface area contributed by atoms with Crippen LogP contribution in [0.3, 0.4) is 0 Å². The smallest absolute Gasteiger partial charge is 0.227 e. The molecule has 80 valence electrons. The van der Waals surface area contributed by atoms with Crippen LogP contribution in [-0.2, 0) is 11.2 Å². The van der Waals surface area contributed by atoms with Crippen LogP contribution in [-0.4, -0.2) is 12.5 Å². The van der Waals surface area contributed by atoms with E-state index in [0.717, 1.165) is 23.0 Å². The van der Waals surface area contributed by atoms with Gasteiger partial charge in [0.25, 0.3) is 0 Å². The van der Waals surface area contributed by atoms with Gasteiger partial charge in [0, 0.05) is 16.1 Å². The van der Waals surface area contributed by atoms with Crippen LogP contribution in [0.2, 0.25) is 0 Å². The maximum atomic E-state index is 11.7. The fraction of sp³-hybridized carbons (Fsp3) is 0.364. The van der Waals surface area contributed by atoms with Crippen LogP contribution >= 0.6 is 15.9 Å². The molecule has 0 aliphatic carbocycles. The normalized spacial score (nSPS) is 19.6. The third-order valence-corrected chi connectivity index (χ3v) is 3.17. The second-order valence-electron chi connectivity index (χ2n) is 3.77. The monoisotopic (exact) mass is 268 g/mol. The first kappa shape index (κ1) is 10.6. The lowest BCUT2D eigenvalue weighted by Gasteiger charge is -2.24. The van der Waals surface area contributed by atoms with Crippen molar-refractivity contribution in [2.45, 2.75) is 12.8 Å². The Morgan fingerprint density at radius 2 is 2.33 bits per heavy atom. The van der Waals surface area contributed by atoms with Crippen LogP contribution in [0, 0.1) is 5.92 Å². The van der Waals surface area contributed by atoms with Crippen LogP contribution in [0.5, 0.6) is 0 Å². The molecule has 1 aliphatic rings. The molecule has 0 bridgehead atoms. The number of benzene rings is 1. The van der Waals surface area contributed by atoms with Crippen LogP contribution in [0.15, 0.2) is 22.7 Å². The lowest BCUT2D eigenvalue weighted by atomic mass is 9.91. The summed E-state index contributed by atoms with van der Waals surface area (Å²) in [5.41, 5.74) is 7.59. The maximum Gasteiger partial charge on any atom is 0.227 e. The molecule has 1 atom stereocenters. The Morgan fingerprint density at radius 3 is 3.07 bits per heavy atom. The van der Waals surface area contributed by atoms with Gasteiger partial charge in [0.1, 0.15) is 0 Å². The Labute approximate surface area is 97.2 Å². The van der Waals surface area contributed by atoms with Gasteiger partial charge in [-0.05, 0) is 43.1 Å². The van der Waals surface area contributed by atoms with Gasteiger partial charge in [-0.3, -0.25) is 4.79 Å². The number of rotatable bonds is 2. The number of hydrogen-bond donors (Lipinski definition) is 2. The highest BCUT2D eigenvalue weighted by Crippen LogP contribution is 2.29. The number of halogens is 1. The largest absolute Gasteiger partial charge is 0.330 e. The topological polar surface area (TPSA) is 55.1 Å². The number of carbonyl (C=O) groups is 1. The zero-order valence-corrected chi connectivity index (χ0v) is 9.88. The molecule has 1 aromatic carbocycles. The first-order valence-corrected chi connectivity index (χ1v) is 5.79. The van der Waals surface area contributed by atoms with E-state index in [0.29, 0.717) is 6.54 Å². The first-order chi connectivity index (χ1) is 7.20. The molecule has 1 aromatic rings. The van der Waals surface area contributed by atoms with E-state index in [4.69, 9.17) is 5.73 Å². The van der Waals surface area contributed by atoms with Crippen molar-refractivity contribution in [3.05, 3.63) is 28.2 Å². The van der Waals surface area contributed by atoms with E-state index in [2.05, 4.69) is 27.3 Å². The molecule has 0 radical (unpaired) electrons. The van der Waals surface area contributed by atoms with Crippen molar-refractivity contribution >= 4 is 27.5 Å². The zero-order chi connectivity index (χ0) is 10.8. The summed E-state index contributed by atoms with van der Waals surface area (Å²) in [6.07, 6.45) is 1.54. The standard InChI is InChI=1S/C11H13BrN2O/c12-9-1-2-10-8(6-9)5-7(3-4-13)11(15)14-10/h1-2,6-7H,3-5,13H2,(H,14,15). The molecule has 0 fully saturated rings. The second kappa shape index (κ2) is 4.33. The molecule has 2 rings (SSSR count). The highest BCUT2D eigenvalue weighted by Gasteiger charge is 2.25. The maximum absolute atomic E-state index is 11.7. The Kier molecular flexibility index (Phi) is 3.07. The number of carbonyl (C=O) groups excluding carboxylic acids is 1. The minimum atomic E-state index is 0.0248. The third-order valence-electron chi connectivity index (χ3n) is 2.68. The van der Waals surface area contributed by atoms with Gasteiger partial charge in [0.15, 0.2) is 0 Å². The van der Waals surface area contributed by atoms with Gasteiger partial charge in [-0.25, -0.2) is 0 Å². The molecular formula is C11H13BrN2O. The fourth-order valence-electron chi connectivity index (χ4n) is 1.88. The van der Waals surface area contributed by atoms with Crippen molar-refractivity contribution in [3.8, 4) is 0 Å². The number of fused-ring (bicyclic) bond motifs is 1. The molecule has 4 heteroatoms. The highest BCUT2D eigenvalue weighted by molar-refractivity contribution is 9.10. The van der Waals surface area contributed by atoms with Crippen molar-refractivity contribution in [2.24, 2.45) is 11.7 Å². The molecule has 1 heterocycles. The summed E-state index contributed by atoms with van der Waals surface area (Å²) >= 11 is 3.43. The van der Waals surface area contributed by atoms with Crippen molar-refractivity contribution in [1.29, 1.82) is 0 Å².